The molecule has 2 unspecified atom stereocenters. The molecule has 2 atom stereocenters. The number of unbranched alkanes of at least 4 members (excludes halogenated alkanes) is 1. The fraction of sp³-hybridized carbons (Fsp3) is 1.00. The van der Waals surface area contributed by atoms with Crippen LogP contribution in [0, 0.1) is 5.92 Å². The van der Waals surface area contributed by atoms with Crippen LogP contribution in [0.15, 0.2) is 0 Å². The summed E-state index contributed by atoms with van der Waals surface area (Å²) >= 11 is 0. The highest BCUT2D eigenvalue weighted by molar-refractivity contribution is 4.82. The fourth-order valence-corrected chi connectivity index (χ4v) is 1.74. The van der Waals surface area contributed by atoms with Gasteiger partial charge in [-0.15, -0.1) is 0 Å². The summed E-state index contributed by atoms with van der Waals surface area (Å²) in [6.07, 6.45) is -10.5. The molecule has 0 amide bonds. The second kappa shape index (κ2) is 6.79. The number of hydrogen-bond acceptors (Lipinski definition) is 0. The Labute approximate surface area is 108 Å². The molecule has 0 aliphatic carbocycles. The monoisotopic (exact) mass is 296 g/mol. The van der Waals surface area contributed by atoms with Crippen LogP contribution in [0.3, 0.4) is 0 Å². The number of rotatable bonds is 7. The molecule has 0 bridgehead atoms. The zero-order valence-electron chi connectivity index (χ0n) is 11.0. The Bertz CT molecular complexity index is 252. The lowest BCUT2D eigenvalue weighted by atomic mass is 9.92. The van der Waals surface area contributed by atoms with Crippen LogP contribution >= 0.6 is 0 Å². The van der Waals surface area contributed by atoms with Crippen molar-refractivity contribution in [1.82, 2.24) is 0 Å². The van der Waals surface area contributed by atoms with E-state index < -0.39 is 43.2 Å². The maximum absolute atomic E-state index is 13.2. The minimum Gasteiger partial charge on any atom is -0.234 e. The molecule has 0 aromatic heterocycles. The topological polar surface area (TPSA) is 0 Å². The van der Waals surface area contributed by atoms with Crippen molar-refractivity contribution in [3.8, 4) is 0 Å². The van der Waals surface area contributed by atoms with Gasteiger partial charge in [-0.1, -0.05) is 19.8 Å². The van der Waals surface area contributed by atoms with E-state index in [1.54, 1.807) is 6.92 Å². The Morgan fingerprint density at radius 2 is 1.32 bits per heavy atom. The second-order valence-corrected chi connectivity index (χ2v) is 4.97. The van der Waals surface area contributed by atoms with Crippen molar-refractivity contribution in [2.24, 2.45) is 5.92 Å². The van der Waals surface area contributed by atoms with E-state index in [2.05, 4.69) is 0 Å². The van der Waals surface area contributed by atoms with Gasteiger partial charge in [0, 0.05) is 0 Å². The lowest BCUT2D eigenvalue weighted by molar-refractivity contribution is -0.227. The Morgan fingerprint density at radius 1 is 0.842 bits per heavy atom. The highest BCUT2D eigenvalue weighted by Crippen LogP contribution is 2.40. The Hall–Kier alpha value is -0.490. The van der Waals surface area contributed by atoms with Gasteiger partial charge < -0.3 is 0 Å². The van der Waals surface area contributed by atoms with Crippen LogP contribution in [0.1, 0.15) is 52.4 Å². The molecule has 0 saturated heterocycles. The lowest BCUT2D eigenvalue weighted by Gasteiger charge is -2.25. The van der Waals surface area contributed by atoms with E-state index in [9.17, 15) is 30.7 Å². The van der Waals surface area contributed by atoms with Gasteiger partial charge in [-0.2, -0.15) is 26.3 Å². The quantitative estimate of drug-likeness (QED) is 0.520. The van der Waals surface area contributed by atoms with E-state index in [0.29, 0.717) is 19.8 Å². The van der Waals surface area contributed by atoms with Gasteiger partial charge in [0.15, 0.2) is 0 Å². The maximum atomic E-state index is 13.2. The van der Waals surface area contributed by atoms with Crippen LogP contribution < -0.4 is 0 Å². The van der Waals surface area contributed by atoms with Crippen LogP contribution in [-0.4, -0.2) is 18.0 Å². The first-order chi connectivity index (χ1) is 8.42. The molecule has 116 valence electrons. The van der Waals surface area contributed by atoms with Gasteiger partial charge in [-0.25, -0.2) is 4.39 Å². The van der Waals surface area contributed by atoms with E-state index in [1.807, 2.05) is 0 Å². The first-order valence-corrected chi connectivity index (χ1v) is 6.24. The van der Waals surface area contributed by atoms with Crippen LogP contribution in [0.2, 0.25) is 0 Å². The minimum absolute atomic E-state index is 0.116. The number of hydrogen-bond donors (Lipinski definition) is 0. The van der Waals surface area contributed by atoms with Crippen LogP contribution in [0.4, 0.5) is 30.7 Å². The Morgan fingerprint density at radius 3 is 1.68 bits per heavy atom. The minimum atomic E-state index is -5.04. The van der Waals surface area contributed by atoms with E-state index in [1.165, 1.54) is 0 Å². The van der Waals surface area contributed by atoms with Crippen LogP contribution in [0.25, 0.3) is 0 Å². The largest absolute Gasteiger partial charge is 0.422 e. The smallest absolute Gasteiger partial charge is 0.234 e. The van der Waals surface area contributed by atoms with E-state index in [0.717, 1.165) is 0 Å². The zero-order chi connectivity index (χ0) is 15.3. The van der Waals surface area contributed by atoms with Gasteiger partial charge in [-0.3, -0.25) is 0 Å². The SMILES string of the molecule is CCCCC(CCCC(C)(F)C(F)(F)F)C(F)(F)F. The molecular weight excluding hydrogens is 277 g/mol. The van der Waals surface area contributed by atoms with E-state index in [4.69, 9.17) is 0 Å². The van der Waals surface area contributed by atoms with Gasteiger partial charge >= 0.3 is 12.4 Å². The highest BCUT2D eigenvalue weighted by Gasteiger charge is 2.51. The van der Waals surface area contributed by atoms with Crippen molar-refractivity contribution >= 4 is 0 Å². The van der Waals surface area contributed by atoms with Crippen LogP contribution in [-0.2, 0) is 0 Å². The summed E-state index contributed by atoms with van der Waals surface area (Å²) in [5, 5.41) is 0. The Kier molecular flexibility index (Phi) is 6.62. The van der Waals surface area contributed by atoms with Crippen molar-refractivity contribution in [2.45, 2.75) is 70.4 Å². The number of alkyl halides is 7. The summed E-state index contributed by atoms with van der Waals surface area (Å²) in [5.74, 6) is -1.64. The van der Waals surface area contributed by atoms with Crippen molar-refractivity contribution in [3.05, 3.63) is 0 Å². The maximum Gasteiger partial charge on any atom is 0.422 e. The predicted octanol–water partition coefficient (Wildman–Crippen LogP) is 5.82. The molecule has 0 aromatic rings. The molecule has 0 saturated carbocycles. The summed E-state index contributed by atoms with van der Waals surface area (Å²) in [5.41, 5.74) is -3.42. The summed E-state index contributed by atoms with van der Waals surface area (Å²) in [6, 6.07) is 0. The molecule has 7 heteroatoms. The molecule has 0 nitrogen and oxygen atoms in total. The third-order valence-corrected chi connectivity index (χ3v) is 3.16. The molecule has 0 aliphatic heterocycles. The van der Waals surface area contributed by atoms with Gasteiger partial charge in [0.25, 0.3) is 0 Å². The Balaban J connectivity index is 4.35. The number of halogens is 7. The standard InChI is InChI=1S/C12H19F7/c1-3-4-6-9(11(14,15)16)7-5-8-10(2,13)12(17,18)19/h9H,3-8H2,1-2H3. The zero-order valence-corrected chi connectivity index (χ0v) is 11.0. The molecule has 0 N–H and O–H groups in total. The molecule has 0 rings (SSSR count). The van der Waals surface area contributed by atoms with Crippen molar-refractivity contribution in [3.63, 3.8) is 0 Å². The normalized spacial score (nSPS) is 18.2. The van der Waals surface area contributed by atoms with E-state index in [-0.39, 0.29) is 6.42 Å². The van der Waals surface area contributed by atoms with Crippen molar-refractivity contribution in [2.75, 3.05) is 0 Å². The van der Waals surface area contributed by atoms with Gasteiger partial charge in [0.2, 0.25) is 5.67 Å². The molecule has 0 fully saturated rings. The molecule has 19 heavy (non-hydrogen) atoms. The summed E-state index contributed by atoms with van der Waals surface area (Å²) in [4.78, 5) is 0. The summed E-state index contributed by atoms with van der Waals surface area (Å²) in [6.45, 7) is 2.09. The first kappa shape index (κ1) is 18.5. The molecular formula is C12H19F7. The van der Waals surface area contributed by atoms with Gasteiger partial charge in [0.05, 0.1) is 5.92 Å². The highest BCUT2D eigenvalue weighted by atomic mass is 19.4. The summed E-state index contributed by atoms with van der Waals surface area (Å²) in [7, 11) is 0. The molecule has 0 aliphatic rings. The molecule has 0 spiro atoms. The second-order valence-electron chi connectivity index (χ2n) is 4.97. The molecule has 0 aromatic carbocycles. The first-order valence-electron chi connectivity index (χ1n) is 6.24. The van der Waals surface area contributed by atoms with Crippen molar-refractivity contribution < 1.29 is 30.7 Å². The lowest BCUT2D eigenvalue weighted by Crippen LogP contribution is -2.37. The van der Waals surface area contributed by atoms with Crippen LogP contribution in [0.5, 0.6) is 0 Å². The third kappa shape index (κ3) is 6.47. The average Bonchev–Trinajstić information content (AvgIpc) is 2.19. The van der Waals surface area contributed by atoms with Gasteiger partial charge in [0.1, 0.15) is 0 Å². The molecule has 0 heterocycles. The van der Waals surface area contributed by atoms with E-state index >= 15 is 0 Å². The molecule has 0 radical (unpaired) electrons. The predicted molar refractivity (Wildman–Crippen MR) is 58.5 cm³/mol. The average molecular weight is 296 g/mol. The summed E-state index contributed by atoms with van der Waals surface area (Å²) < 4.78 is 87.5. The fourth-order valence-electron chi connectivity index (χ4n) is 1.74. The van der Waals surface area contributed by atoms with Gasteiger partial charge in [-0.05, 0) is 32.6 Å². The third-order valence-electron chi connectivity index (χ3n) is 3.16. The van der Waals surface area contributed by atoms with Crippen molar-refractivity contribution in [1.29, 1.82) is 0 Å².